The smallest absolute Gasteiger partial charge is 0.309 e. The highest BCUT2D eigenvalue weighted by Crippen LogP contribution is 2.47. The lowest BCUT2D eigenvalue weighted by molar-refractivity contribution is 0.222. The molecule has 0 aromatic heterocycles. The Morgan fingerprint density at radius 2 is 1.87 bits per heavy atom. The van der Waals surface area contributed by atoms with Crippen LogP contribution in [-0.4, -0.2) is 37.4 Å². The molecule has 5 heteroatoms. The van der Waals surface area contributed by atoms with Gasteiger partial charge in [0.2, 0.25) is 0 Å². The van der Waals surface area contributed by atoms with Gasteiger partial charge in [-0.05, 0) is 50.9 Å². The average molecular weight is 337 g/mol. The van der Waals surface area contributed by atoms with E-state index in [0.717, 1.165) is 12.1 Å². The third-order valence-corrected chi connectivity index (χ3v) is 5.81. The number of hydrogen-bond donors (Lipinski definition) is 0. The van der Waals surface area contributed by atoms with E-state index in [1.807, 2.05) is 26.0 Å². The topological polar surface area (TPSA) is 38.8 Å². The van der Waals surface area contributed by atoms with Crippen LogP contribution in [0.1, 0.15) is 37.8 Å². The Labute approximate surface area is 140 Å². The molecule has 0 radical (unpaired) electrons. The molecule has 1 fully saturated rings. The second kappa shape index (κ2) is 9.39. The number of allylic oxidation sites excluding steroid dienone is 1. The minimum atomic E-state index is -2.99. The van der Waals surface area contributed by atoms with Gasteiger partial charge in [0.25, 0.3) is 0 Å². The standard InChI is InChI=1S/C18H28NO3P/c1-3-21-23(20,22-4-2)14-8-11-17-9-7-10-18(15-17)16-19-12-5-6-13-19/h7-11,15H,3-6,12-14,16H2,1-2H3. The summed E-state index contributed by atoms with van der Waals surface area (Å²) in [5, 5.41) is 0. The molecule has 0 bridgehead atoms. The Morgan fingerprint density at radius 1 is 1.17 bits per heavy atom. The van der Waals surface area contributed by atoms with Crippen molar-refractivity contribution in [2.24, 2.45) is 0 Å². The minimum Gasteiger partial charge on any atom is -0.309 e. The number of rotatable bonds is 9. The fraction of sp³-hybridized carbons (Fsp3) is 0.556. The highest BCUT2D eigenvalue weighted by atomic mass is 31.2. The molecule has 1 aliphatic heterocycles. The summed E-state index contributed by atoms with van der Waals surface area (Å²) in [5.41, 5.74) is 2.45. The van der Waals surface area contributed by atoms with Gasteiger partial charge in [-0.3, -0.25) is 9.46 Å². The number of hydrogen-bond acceptors (Lipinski definition) is 4. The van der Waals surface area contributed by atoms with E-state index in [4.69, 9.17) is 9.05 Å². The third kappa shape index (κ3) is 6.23. The fourth-order valence-corrected chi connectivity index (χ4v) is 4.28. The van der Waals surface area contributed by atoms with Crippen molar-refractivity contribution in [1.29, 1.82) is 0 Å². The van der Waals surface area contributed by atoms with E-state index in [1.165, 1.54) is 31.5 Å². The molecule has 1 aliphatic rings. The molecule has 128 valence electrons. The largest absolute Gasteiger partial charge is 0.334 e. The van der Waals surface area contributed by atoms with Gasteiger partial charge in [0.05, 0.1) is 19.4 Å². The van der Waals surface area contributed by atoms with E-state index in [2.05, 4.69) is 29.2 Å². The molecule has 4 nitrogen and oxygen atoms in total. The number of nitrogens with zero attached hydrogens (tertiary/aromatic N) is 1. The number of benzene rings is 1. The fourth-order valence-electron chi connectivity index (χ4n) is 2.85. The Kier molecular flexibility index (Phi) is 7.51. The Hall–Kier alpha value is -0.930. The maximum Gasteiger partial charge on any atom is 0.334 e. The minimum absolute atomic E-state index is 0.311. The zero-order valence-electron chi connectivity index (χ0n) is 14.2. The lowest BCUT2D eigenvalue weighted by atomic mass is 10.1. The molecule has 1 saturated heterocycles. The van der Waals surface area contributed by atoms with Gasteiger partial charge < -0.3 is 9.05 Å². The van der Waals surface area contributed by atoms with E-state index in [1.54, 1.807) is 0 Å². The van der Waals surface area contributed by atoms with Crippen LogP contribution >= 0.6 is 7.60 Å². The molecule has 1 aromatic rings. The summed E-state index contributed by atoms with van der Waals surface area (Å²) in [7, 11) is -2.99. The maximum atomic E-state index is 12.4. The zero-order chi connectivity index (χ0) is 16.5. The molecule has 0 aliphatic carbocycles. The second-order valence-electron chi connectivity index (χ2n) is 5.76. The molecule has 0 unspecified atom stereocenters. The van der Waals surface area contributed by atoms with Crippen molar-refractivity contribution < 1.29 is 13.6 Å². The van der Waals surface area contributed by atoms with E-state index in [-0.39, 0.29) is 0 Å². The first-order valence-electron chi connectivity index (χ1n) is 8.51. The Balaban J connectivity index is 1.94. The third-order valence-electron chi connectivity index (χ3n) is 3.85. The van der Waals surface area contributed by atoms with Crippen LogP contribution in [0.15, 0.2) is 30.3 Å². The predicted molar refractivity (Wildman–Crippen MR) is 95.7 cm³/mol. The monoisotopic (exact) mass is 337 g/mol. The highest BCUT2D eigenvalue weighted by Gasteiger charge is 2.21. The van der Waals surface area contributed by atoms with E-state index in [0.29, 0.717) is 19.4 Å². The summed E-state index contributed by atoms with van der Waals surface area (Å²) in [4.78, 5) is 2.49. The predicted octanol–water partition coefficient (Wildman–Crippen LogP) is 4.56. The van der Waals surface area contributed by atoms with Crippen LogP contribution in [0.3, 0.4) is 0 Å². The highest BCUT2D eigenvalue weighted by molar-refractivity contribution is 7.54. The van der Waals surface area contributed by atoms with E-state index in [9.17, 15) is 4.57 Å². The van der Waals surface area contributed by atoms with Crippen LogP contribution in [0.25, 0.3) is 6.08 Å². The lowest BCUT2D eigenvalue weighted by Gasteiger charge is -2.15. The SMILES string of the molecule is CCOP(=O)(CC=Cc1cccc(CN2CCCC2)c1)OCC. The van der Waals surface area contributed by atoms with Crippen molar-refractivity contribution >= 4 is 13.7 Å². The van der Waals surface area contributed by atoms with Crippen molar-refractivity contribution in [2.45, 2.75) is 33.2 Å². The first-order valence-corrected chi connectivity index (χ1v) is 10.2. The molecular formula is C18H28NO3P. The summed E-state index contributed by atoms with van der Waals surface area (Å²) in [5.74, 6) is 0. The van der Waals surface area contributed by atoms with Crippen molar-refractivity contribution in [3.8, 4) is 0 Å². The van der Waals surface area contributed by atoms with Crippen LogP contribution in [0.5, 0.6) is 0 Å². The van der Waals surface area contributed by atoms with Gasteiger partial charge in [-0.2, -0.15) is 0 Å². The van der Waals surface area contributed by atoms with Crippen LogP contribution in [0, 0.1) is 0 Å². The van der Waals surface area contributed by atoms with Gasteiger partial charge >= 0.3 is 7.60 Å². The molecular weight excluding hydrogens is 309 g/mol. The van der Waals surface area contributed by atoms with Crippen LogP contribution in [0.4, 0.5) is 0 Å². The summed E-state index contributed by atoms with van der Waals surface area (Å²) >= 11 is 0. The van der Waals surface area contributed by atoms with Gasteiger partial charge in [0.15, 0.2) is 0 Å². The molecule has 0 saturated carbocycles. The van der Waals surface area contributed by atoms with E-state index >= 15 is 0 Å². The lowest BCUT2D eigenvalue weighted by Crippen LogP contribution is -2.18. The summed E-state index contributed by atoms with van der Waals surface area (Å²) in [6, 6.07) is 8.51. The molecule has 1 heterocycles. The summed E-state index contributed by atoms with van der Waals surface area (Å²) < 4.78 is 23.0. The first-order chi connectivity index (χ1) is 11.1. The molecule has 0 amide bonds. The van der Waals surface area contributed by atoms with Gasteiger partial charge in [-0.1, -0.05) is 36.4 Å². The van der Waals surface area contributed by atoms with Crippen LogP contribution in [-0.2, 0) is 20.2 Å². The molecule has 0 spiro atoms. The normalized spacial score (nSPS) is 16.4. The van der Waals surface area contributed by atoms with Gasteiger partial charge in [-0.25, -0.2) is 0 Å². The van der Waals surface area contributed by atoms with Gasteiger partial charge in [0.1, 0.15) is 0 Å². The number of likely N-dealkylation sites (tertiary alicyclic amines) is 1. The van der Waals surface area contributed by atoms with Crippen LogP contribution < -0.4 is 0 Å². The Morgan fingerprint density at radius 3 is 2.52 bits per heavy atom. The van der Waals surface area contributed by atoms with E-state index < -0.39 is 7.60 Å². The van der Waals surface area contributed by atoms with Gasteiger partial charge in [0, 0.05) is 6.54 Å². The average Bonchev–Trinajstić information content (AvgIpc) is 3.01. The van der Waals surface area contributed by atoms with Crippen molar-refractivity contribution in [3.63, 3.8) is 0 Å². The Bertz CT molecular complexity index is 543. The van der Waals surface area contributed by atoms with Crippen molar-refractivity contribution in [1.82, 2.24) is 4.90 Å². The second-order valence-corrected chi connectivity index (χ2v) is 7.86. The quantitative estimate of drug-likeness (QED) is 0.619. The summed E-state index contributed by atoms with van der Waals surface area (Å²) in [6.45, 7) is 7.87. The maximum absolute atomic E-state index is 12.4. The van der Waals surface area contributed by atoms with Crippen molar-refractivity contribution in [2.75, 3.05) is 32.5 Å². The zero-order valence-corrected chi connectivity index (χ0v) is 15.1. The molecule has 23 heavy (non-hydrogen) atoms. The first kappa shape index (κ1) is 18.4. The molecule has 0 N–H and O–H groups in total. The molecule has 1 aromatic carbocycles. The molecule has 2 rings (SSSR count). The summed E-state index contributed by atoms with van der Waals surface area (Å²) in [6.07, 6.45) is 6.82. The molecule has 0 atom stereocenters. The van der Waals surface area contributed by atoms with Crippen LogP contribution in [0.2, 0.25) is 0 Å². The van der Waals surface area contributed by atoms with Gasteiger partial charge in [-0.15, -0.1) is 0 Å². The van der Waals surface area contributed by atoms with Crippen molar-refractivity contribution in [3.05, 3.63) is 41.5 Å².